The molecule has 0 saturated carbocycles. The number of methoxy groups -OCH3 is 1. The second-order valence-corrected chi connectivity index (χ2v) is 6.17. The van der Waals surface area contributed by atoms with Crippen molar-refractivity contribution in [1.29, 1.82) is 0 Å². The van der Waals surface area contributed by atoms with Crippen LogP contribution in [0.3, 0.4) is 0 Å². The van der Waals surface area contributed by atoms with Crippen molar-refractivity contribution in [3.05, 3.63) is 63.7 Å². The summed E-state index contributed by atoms with van der Waals surface area (Å²) in [5.74, 6) is 0.446. The van der Waals surface area contributed by atoms with Crippen molar-refractivity contribution in [2.75, 3.05) is 19.5 Å². The van der Waals surface area contributed by atoms with Gasteiger partial charge in [-0.15, -0.1) is 0 Å². The fraction of sp³-hybridized carbons (Fsp3) is 0.316. The van der Waals surface area contributed by atoms with Crippen LogP contribution >= 0.6 is 0 Å². The van der Waals surface area contributed by atoms with Gasteiger partial charge < -0.3 is 10.1 Å². The Morgan fingerprint density at radius 1 is 1.31 bits per heavy atom. The number of amides is 1. The maximum atomic E-state index is 12.5. The van der Waals surface area contributed by atoms with E-state index in [4.69, 9.17) is 4.74 Å². The van der Waals surface area contributed by atoms with E-state index in [2.05, 4.69) is 5.32 Å². The van der Waals surface area contributed by atoms with Gasteiger partial charge in [-0.3, -0.25) is 19.8 Å². The summed E-state index contributed by atoms with van der Waals surface area (Å²) in [6.45, 7) is 4.26. The van der Waals surface area contributed by atoms with Crippen LogP contribution in [0, 0.1) is 17.0 Å². The van der Waals surface area contributed by atoms with E-state index in [1.807, 2.05) is 37.1 Å². The van der Waals surface area contributed by atoms with E-state index in [-0.39, 0.29) is 17.3 Å². The van der Waals surface area contributed by atoms with Crippen LogP contribution in [0.2, 0.25) is 0 Å². The minimum atomic E-state index is -0.512. The molecule has 0 bridgehead atoms. The number of carbonyl (C=O) groups is 1. The van der Waals surface area contributed by atoms with Gasteiger partial charge in [0, 0.05) is 18.2 Å². The summed E-state index contributed by atoms with van der Waals surface area (Å²) in [7, 11) is 3.43. The molecule has 0 aromatic heterocycles. The summed E-state index contributed by atoms with van der Waals surface area (Å²) in [5.41, 5.74) is 2.14. The number of hydrogen-bond acceptors (Lipinski definition) is 5. The van der Waals surface area contributed by atoms with Gasteiger partial charge in [-0.2, -0.15) is 0 Å². The molecule has 138 valence electrons. The largest absolute Gasteiger partial charge is 0.496 e. The minimum absolute atomic E-state index is 0.129. The smallest absolute Gasteiger partial charge is 0.292 e. The third-order valence-corrected chi connectivity index (χ3v) is 4.25. The number of nitro groups is 1. The Bertz CT molecular complexity index is 807. The summed E-state index contributed by atoms with van der Waals surface area (Å²) in [6, 6.07) is 11.5. The first-order valence-electron chi connectivity index (χ1n) is 8.21. The third kappa shape index (κ3) is 4.58. The standard InChI is InChI=1S/C19H23N3O4/c1-13-9-10-18(26-4)15(11-13)12-21(3)14(2)19(23)20-16-7-5-6-8-17(16)22(24)25/h5-11,14H,12H2,1-4H3,(H,20,23)/t14-/m1/s1. The van der Waals surface area contributed by atoms with Gasteiger partial charge in [0.15, 0.2) is 0 Å². The van der Waals surface area contributed by atoms with Crippen LogP contribution in [0.5, 0.6) is 5.75 Å². The lowest BCUT2D eigenvalue weighted by Crippen LogP contribution is -2.39. The van der Waals surface area contributed by atoms with Gasteiger partial charge in [0.25, 0.3) is 5.69 Å². The van der Waals surface area contributed by atoms with Crippen LogP contribution in [0.1, 0.15) is 18.1 Å². The van der Waals surface area contributed by atoms with Crippen molar-refractivity contribution < 1.29 is 14.5 Å². The van der Waals surface area contributed by atoms with E-state index in [9.17, 15) is 14.9 Å². The second-order valence-electron chi connectivity index (χ2n) is 6.17. The zero-order chi connectivity index (χ0) is 19.3. The van der Waals surface area contributed by atoms with Crippen molar-refractivity contribution in [2.24, 2.45) is 0 Å². The lowest BCUT2D eigenvalue weighted by Gasteiger charge is -2.25. The molecule has 2 aromatic rings. The first kappa shape index (κ1) is 19.4. The van der Waals surface area contributed by atoms with Crippen molar-refractivity contribution in [1.82, 2.24) is 4.90 Å². The van der Waals surface area contributed by atoms with E-state index in [1.165, 1.54) is 12.1 Å². The predicted molar refractivity (Wildman–Crippen MR) is 100 cm³/mol. The molecule has 0 fully saturated rings. The van der Waals surface area contributed by atoms with Gasteiger partial charge in [0.05, 0.1) is 18.1 Å². The van der Waals surface area contributed by atoms with Gasteiger partial charge in [-0.05, 0) is 33.0 Å². The number of rotatable bonds is 7. The number of anilines is 1. The third-order valence-electron chi connectivity index (χ3n) is 4.25. The van der Waals surface area contributed by atoms with Crippen LogP contribution in [-0.4, -0.2) is 35.9 Å². The van der Waals surface area contributed by atoms with Crippen LogP contribution in [0.25, 0.3) is 0 Å². The highest BCUT2D eigenvalue weighted by Gasteiger charge is 2.22. The lowest BCUT2D eigenvalue weighted by molar-refractivity contribution is -0.383. The van der Waals surface area contributed by atoms with E-state index in [1.54, 1.807) is 26.2 Å². The molecule has 0 aliphatic heterocycles. The predicted octanol–water partition coefficient (Wildman–Crippen LogP) is 3.37. The molecule has 2 rings (SSSR count). The second kappa shape index (κ2) is 8.44. The highest BCUT2D eigenvalue weighted by molar-refractivity contribution is 5.96. The number of carbonyl (C=O) groups excluding carboxylic acids is 1. The van der Waals surface area contributed by atoms with Crippen LogP contribution in [0.4, 0.5) is 11.4 Å². The van der Waals surface area contributed by atoms with E-state index >= 15 is 0 Å². The molecule has 7 heteroatoms. The molecular formula is C19H23N3O4. The summed E-state index contributed by atoms with van der Waals surface area (Å²) in [5, 5.41) is 13.7. The molecule has 1 N–H and O–H groups in total. The zero-order valence-electron chi connectivity index (χ0n) is 15.4. The Morgan fingerprint density at radius 3 is 2.65 bits per heavy atom. The Hall–Kier alpha value is -2.93. The maximum Gasteiger partial charge on any atom is 0.292 e. The molecule has 0 radical (unpaired) electrons. The Morgan fingerprint density at radius 2 is 2.00 bits per heavy atom. The van der Waals surface area contributed by atoms with Gasteiger partial charge >= 0.3 is 0 Å². The number of aryl methyl sites for hydroxylation is 1. The molecular weight excluding hydrogens is 334 g/mol. The van der Waals surface area contributed by atoms with Crippen molar-refractivity contribution >= 4 is 17.3 Å². The topological polar surface area (TPSA) is 84.7 Å². The number of nitrogens with one attached hydrogen (secondary N) is 1. The summed E-state index contributed by atoms with van der Waals surface area (Å²) < 4.78 is 5.38. The highest BCUT2D eigenvalue weighted by Crippen LogP contribution is 2.24. The molecule has 26 heavy (non-hydrogen) atoms. The fourth-order valence-corrected chi connectivity index (χ4v) is 2.61. The van der Waals surface area contributed by atoms with Gasteiger partial charge in [-0.25, -0.2) is 0 Å². The van der Waals surface area contributed by atoms with Gasteiger partial charge in [0.1, 0.15) is 11.4 Å². The van der Waals surface area contributed by atoms with Crippen molar-refractivity contribution in [2.45, 2.75) is 26.4 Å². The Kier molecular flexibility index (Phi) is 6.30. The number of hydrogen-bond donors (Lipinski definition) is 1. The van der Waals surface area contributed by atoms with Gasteiger partial charge in [-0.1, -0.05) is 29.8 Å². The van der Waals surface area contributed by atoms with E-state index in [0.717, 1.165) is 16.9 Å². The quantitative estimate of drug-likeness (QED) is 0.607. The average Bonchev–Trinajstić information content (AvgIpc) is 2.61. The van der Waals surface area contributed by atoms with Crippen molar-refractivity contribution in [3.63, 3.8) is 0 Å². The normalized spacial score (nSPS) is 11.9. The van der Waals surface area contributed by atoms with Crippen molar-refractivity contribution in [3.8, 4) is 5.75 Å². The number of likely N-dealkylation sites (N-methyl/N-ethyl adjacent to an activating group) is 1. The molecule has 0 heterocycles. The molecule has 1 atom stereocenters. The summed E-state index contributed by atoms with van der Waals surface area (Å²) in [6.07, 6.45) is 0. The molecule has 1 amide bonds. The van der Waals surface area contributed by atoms with E-state index < -0.39 is 11.0 Å². The number of nitrogens with zero attached hydrogens (tertiary/aromatic N) is 2. The molecule has 0 saturated heterocycles. The first-order valence-corrected chi connectivity index (χ1v) is 8.21. The van der Waals surface area contributed by atoms with E-state index in [0.29, 0.717) is 6.54 Å². The number of nitro benzene ring substituents is 1. The monoisotopic (exact) mass is 357 g/mol. The van der Waals surface area contributed by atoms with Gasteiger partial charge in [0.2, 0.25) is 5.91 Å². The molecule has 0 aliphatic rings. The minimum Gasteiger partial charge on any atom is -0.496 e. The zero-order valence-corrected chi connectivity index (χ0v) is 15.4. The Labute approximate surface area is 152 Å². The van der Waals surface area contributed by atoms with Crippen LogP contribution in [-0.2, 0) is 11.3 Å². The molecule has 0 spiro atoms. The molecule has 0 aliphatic carbocycles. The van der Waals surface area contributed by atoms with Crippen LogP contribution < -0.4 is 10.1 Å². The number of benzene rings is 2. The SMILES string of the molecule is COc1ccc(C)cc1CN(C)[C@H](C)C(=O)Nc1ccccc1[N+](=O)[O-]. The van der Waals surface area contributed by atoms with Crippen LogP contribution in [0.15, 0.2) is 42.5 Å². The number of para-hydroxylation sites is 2. The average molecular weight is 357 g/mol. The summed E-state index contributed by atoms with van der Waals surface area (Å²) >= 11 is 0. The highest BCUT2D eigenvalue weighted by atomic mass is 16.6. The molecule has 2 aromatic carbocycles. The number of ether oxygens (including phenoxy) is 1. The fourth-order valence-electron chi connectivity index (χ4n) is 2.61. The molecule has 0 unspecified atom stereocenters. The lowest BCUT2D eigenvalue weighted by atomic mass is 10.1. The first-order chi connectivity index (χ1) is 12.3. The summed E-state index contributed by atoms with van der Waals surface area (Å²) in [4.78, 5) is 25.0. The maximum absolute atomic E-state index is 12.5. The Balaban J connectivity index is 2.11. The molecule has 7 nitrogen and oxygen atoms in total.